The molecule has 3 aromatic rings. The summed E-state index contributed by atoms with van der Waals surface area (Å²) in [4.78, 5) is 0. The minimum atomic E-state index is 0.509. The topological polar surface area (TPSA) is 35.2 Å². The Morgan fingerprint density at radius 3 is 2.55 bits per heavy atom. The fourth-order valence-electron chi connectivity index (χ4n) is 2.17. The van der Waals surface area contributed by atoms with Crippen molar-refractivity contribution in [3.05, 3.63) is 70.7 Å². The number of hydrogen-bond donors (Lipinski definition) is 1. The second-order valence-corrected chi connectivity index (χ2v) is 5.39. The van der Waals surface area contributed by atoms with Gasteiger partial charge in [-0.1, -0.05) is 58.4 Å². The lowest BCUT2D eigenvalue weighted by molar-refractivity contribution is 0.488. The first-order valence-electron chi connectivity index (χ1n) is 6.42. The number of hydrogen-bond acceptors (Lipinski definition) is 2. The SMILES string of the molecule is NCc1ccc(Oc2cccc3ccccc23)cc1Br. The second kappa shape index (κ2) is 5.65. The summed E-state index contributed by atoms with van der Waals surface area (Å²) < 4.78 is 6.97. The van der Waals surface area contributed by atoms with Crippen LogP contribution in [-0.2, 0) is 6.54 Å². The Morgan fingerprint density at radius 2 is 1.75 bits per heavy atom. The molecule has 100 valence electrons. The van der Waals surface area contributed by atoms with Crippen LogP contribution in [0.15, 0.2) is 65.1 Å². The molecule has 0 atom stereocenters. The van der Waals surface area contributed by atoms with E-state index in [1.165, 1.54) is 5.39 Å². The van der Waals surface area contributed by atoms with E-state index in [1.54, 1.807) is 0 Å². The van der Waals surface area contributed by atoms with Crippen LogP contribution in [0.4, 0.5) is 0 Å². The van der Waals surface area contributed by atoms with Crippen molar-refractivity contribution in [1.29, 1.82) is 0 Å². The third-order valence-corrected chi connectivity index (χ3v) is 3.96. The number of rotatable bonds is 3. The van der Waals surface area contributed by atoms with Gasteiger partial charge in [-0.05, 0) is 29.1 Å². The lowest BCUT2D eigenvalue weighted by atomic mass is 10.1. The van der Waals surface area contributed by atoms with E-state index in [4.69, 9.17) is 10.5 Å². The number of fused-ring (bicyclic) bond motifs is 1. The van der Waals surface area contributed by atoms with Crippen LogP contribution in [0.3, 0.4) is 0 Å². The van der Waals surface area contributed by atoms with Crippen LogP contribution in [-0.4, -0.2) is 0 Å². The highest BCUT2D eigenvalue weighted by atomic mass is 79.9. The van der Waals surface area contributed by atoms with E-state index in [9.17, 15) is 0 Å². The van der Waals surface area contributed by atoms with Crippen LogP contribution >= 0.6 is 15.9 Å². The zero-order chi connectivity index (χ0) is 13.9. The van der Waals surface area contributed by atoms with Crippen molar-refractivity contribution in [3.8, 4) is 11.5 Å². The summed E-state index contributed by atoms with van der Waals surface area (Å²) in [5, 5.41) is 2.27. The highest BCUT2D eigenvalue weighted by Crippen LogP contribution is 2.31. The van der Waals surface area contributed by atoms with Crippen molar-refractivity contribution in [2.24, 2.45) is 5.73 Å². The van der Waals surface area contributed by atoms with Crippen molar-refractivity contribution in [1.82, 2.24) is 0 Å². The van der Waals surface area contributed by atoms with Crippen LogP contribution in [0, 0.1) is 0 Å². The number of halogens is 1. The quantitative estimate of drug-likeness (QED) is 0.746. The van der Waals surface area contributed by atoms with Crippen molar-refractivity contribution in [2.45, 2.75) is 6.54 Å². The Bertz CT molecular complexity index is 750. The molecule has 3 heteroatoms. The molecule has 0 aliphatic rings. The van der Waals surface area contributed by atoms with Gasteiger partial charge >= 0.3 is 0 Å². The van der Waals surface area contributed by atoms with Gasteiger partial charge < -0.3 is 10.5 Å². The van der Waals surface area contributed by atoms with Crippen molar-refractivity contribution >= 4 is 26.7 Å². The molecule has 3 aromatic carbocycles. The van der Waals surface area contributed by atoms with Gasteiger partial charge in [-0.2, -0.15) is 0 Å². The Hall–Kier alpha value is -1.84. The summed E-state index contributed by atoms with van der Waals surface area (Å²) in [5.74, 6) is 1.65. The van der Waals surface area contributed by atoms with E-state index in [0.717, 1.165) is 26.9 Å². The summed E-state index contributed by atoms with van der Waals surface area (Å²) in [6.07, 6.45) is 0. The monoisotopic (exact) mass is 327 g/mol. The molecule has 0 saturated heterocycles. The first kappa shape index (κ1) is 13.2. The first-order valence-corrected chi connectivity index (χ1v) is 7.21. The Balaban J connectivity index is 1.99. The standard InChI is InChI=1S/C17H14BrNO/c18-16-10-14(9-8-13(16)11-19)20-17-7-3-5-12-4-1-2-6-15(12)17/h1-10H,11,19H2. The van der Waals surface area contributed by atoms with Gasteiger partial charge in [0.15, 0.2) is 0 Å². The molecule has 0 spiro atoms. The summed E-state index contributed by atoms with van der Waals surface area (Å²) in [6, 6.07) is 20.1. The Morgan fingerprint density at radius 1 is 0.950 bits per heavy atom. The fraction of sp³-hybridized carbons (Fsp3) is 0.0588. The third-order valence-electron chi connectivity index (χ3n) is 3.22. The molecular formula is C17H14BrNO. The maximum atomic E-state index is 6.00. The molecule has 0 heterocycles. The fourth-order valence-corrected chi connectivity index (χ4v) is 2.69. The van der Waals surface area contributed by atoms with Gasteiger partial charge in [0.05, 0.1) is 0 Å². The zero-order valence-electron chi connectivity index (χ0n) is 10.8. The maximum Gasteiger partial charge on any atom is 0.135 e. The molecular weight excluding hydrogens is 314 g/mol. The van der Waals surface area contributed by atoms with Gasteiger partial charge in [0.25, 0.3) is 0 Å². The summed E-state index contributed by atoms with van der Waals surface area (Å²) in [5.41, 5.74) is 6.72. The van der Waals surface area contributed by atoms with Crippen LogP contribution in [0.2, 0.25) is 0 Å². The molecule has 0 saturated carbocycles. The van der Waals surface area contributed by atoms with Gasteiger partial charge in [0.2, 0.25) is 0 Å². The molecule has 0 radical (unpaired) electrons. The zero-order valence-corrected chi connectivity index (χ0v) is 12.4. The summed E-state index contributed by atoms with van der Waals surface area (Å²) >= 11 is 3.51. The van der Waals surface area contributed by atoms with E-state index >= 15 is 0 Å². The van der Waals surface area contributed by atoms with Gasteiger partial charge in [-0.15, -0.1) is 0 Å². The minimum Gasteiger partial charge on any atom is -0.457 e. The highest BCUT2D eigenvalue weighted by Gasteiger charge is 2.05. The number of ether oxygens (including phenoxy) is 1. The van der Waals surface area contributed by atoms with E-state index in [-0.39, 0.29) is 0 Å². The average molecular weight is 328 g/mol. The average Bonchev–Trinajstić information content (AvgIpc) is 2.48. The largest absolute Gasteiger partial charge is 0.457 e. The molecule has 20 heavy (non-hydrogen) atoms. The van der Waals surface area contributed by atoms with E-state index in [1.807, 2.05) is 42.5 Å². The van der Waals surface area contributed by atoms with Crippen LogP contribution < -0.4 is 10.5 Å². The third kappa shape index (κ3) is 2.55. The molecule has 0 amide bonds. The molecule has 2 nitrogen and oxygen atoms in total. The molecule has 2 N–H and O–H groups in total. The van der Waals surface area contributed by atoms with Crippen LogP contribution in [0.1, 0.15) is 5.56 Å². The maximum absolute atomic E-state index is 6.00. The molecule has 0 unspecified atom stereocenters. The predicted octanol–water partition coefficient (Wildman–Crippen LogP) is 4.85. The highest BCUT2D eigenvalue weighted by molar-refractivity contribution is 9.10. The van der Waals surface area contributed by atoms with Crippen molar-refractivity contribution in [3.63, 3.8) is 0 Å². The molecule has 0 bridgehead atoms. The molecule has 3 rings (SSSR count). The lowest BCUT2D eigenvalue weighted by Crippen LogP contribution is -1.97. The lowest BCUT2D eigenvalue weighted by Gasteiger charge is -2.10. The van der Waals surface area contributed by atoms with Gasteiger partial charge in [0, 0.05) is 16.4 Å². The normalized spacial score (nSPS) is 10.7. The first-order chi connectivity index (χ1) is 9.78. The van der Waals surface area contributed by atoms with Gasteiger partial charge in [0.1, 0.15) is 11.5 Å². The van der Waals surface area contributed by atoms with Crippen LogP contribution in [0.5, 0.6) is 11.5 Å². The van der Waals surface area contributed by atoms with Crippen molar-refractivity contribution < 1.29 is 4.74 Å². The van der Waals surface area contributed by atoms with Crippen molar-refractivity contribution in [2.75, 3.05) is 0 Å². The second-order valence-electron chi connectivity index (χ2n) is 4.54. The number of nitrogens with two attached hydrogens (primary N) is 1. The van der Waals surface area contributed by atoms with Gasteiger partial charge in [-0.3, -0.25) is 0 Å². The molecule has 0 aliphatic carbocycles. The van der Waals surface area contributed by atoms with E-state index in [0.29, 0.717) is 6.54 Å². The summed E-state index contributed by atoms with van der Waals surface area (Å²) in [7, 11) is 0. The van der Waals surface area contributed by atoms with E-state index in [2.05, 4.69) is 34.1 Å². The minimum absolute atomic E-state index is 0.509. The number of benzene rings is 3. The van der Waals surface area contributed by atoms with Crippen LogP contribution in [0.25, 0.3) is 10.8 Å². The van der Waals surface area contributed by atoms with Gasteiger partial charge in [-0.25, -0.2) is 0 Å². The molecule has 0 aromatic heterocycles. The molecule has 0 aliphatic heterocycles. The smallest absolute Gasteiger partial charge is 0.135 e. The predicted molar refractivity (Wildman–Crippen MR) is 86.1 cm³/mol. The Kier molecular flexibility index (Phi) is 3.72. The summed E-state index contributed by atoms with van der Waals surface area (Å²) in [6.45, 7) is 0.509. The molecule has 0 fully saturated rings. The van der Waals surface area contributed by atoms with E-state index < -0.39 is 0 Å². The Labute approximate surface area is 126 Å².